The minimum absolute atomic E-state index is 0.0355. The number of benzene rings is 3. The van der Waals surface area contributed by atoms with Crippen LogP contribution in [0, 0.1) is 13.8 Å². The van der Waals surface area contributed by atoms with E-state index in [1.54, 1.807) is 42.5 Å². The van der Waals surface area contributed by atoms with E-state index in [9.17, 15) is 9.59 Å². The Morgan fingerprint density at radius 1 is 0.902 bits per heavy atom. The van der Waals surface area contributed by atoms with E-state index in [0.29, 0.717) is 35.0 Å². The molecule has 3 aromatic carbocycles. The van der Waals surface area contributed by atoms with Crippen molar-refractivity contribution in [3.63, 3.8) is 0 Å². The Balaban J connectivity index is 1.62. The lowest BCUT2D eigenvalue weighted by Crippen LogP contribution is -2.31. The van der Waals surface area contributed by atoms with Crippen molar-refractivity contribution < 1.29 is 19.1 Å². The molecule has 10 heteroatoms. The molecule has 0 atom stereocenters. The Morgan fingerprint density at radius 3 is 2.32 bits per heavy atom. The quantitative estimate of drug-likeness (QED) is 0.232. The summed E-state index contributed by atoms with van der Waals surface area (Å²) in [6.07, 6.45) is 1.40. The zero-order valence-electron chi connectivity index (χ0n) is 23.8. The molecule has 3 N–H and O–H groups in total. The highest BCUT2D eigenvalue weighted by Crippen LogP contribution is 2.33. The Hall–Kier alpha value is -4.96. The first-order valence-electron chi connectivity index (χ1n) is 13.1. The van der Waals surface area contributed by atoms with Gasteiger partial charge in [-0.3, -0.25) is 9.59 Å². The van der Waals surface area contributed by atoms with Crippen LogP contribution in [0.2, 0.25) is 0 Å². The second kappa shape index (κ2) is 13.4. The predicted molar refractivity (Wildman–Crippen MR) is 160 cm³/mol. The normalized spacial score (nSPS) is 10.7. The van der Waals surface area contributed by atoms with Crippen LogP contribution in [0.25, 0.3) is 0 Å². The summed E-state index contributed by atoms with van der Waals surface area (Å²) in [6.45, 7) is 5.11. The van der Waals surface area contributed by atoms with Gasteiger partial charge in [-0.1, -0.05) is 36.4 Å². The van der Waals surface area contributed by atoms with Crippen LogP contribution in [-0.2, 0) is 0 Å². The minimum atomic E-state index is -0.421. The van der Waals surface area contributed by atoms with Crippen molar-refractivity contribution in [3.8, 4) is 17.4 Å². The van der Waals surface area contributed by atoms with Crippen molar-refractivity contribution in [3.05, 3.63) is 95.2 Å². The van der Waals surface area contributed by atoms with E-state index in [0.717, 1.165) is 17.7 Å². The average molecular weight is 555 g/mol. The molecule has 4 rings (SSSR count). The SMILES string of the molecule is COc1ccccc1Oc1nc(Nc2cccc(C(=O)NCCN(C)C)c2)ncc1C(=O)Nc1c(C)cccc1C. The first-order valence-corrected chi connectivity index (χ1v) is 13.1. The fourth-order valence-electron chi connectivity index (χ4n) is 4.02. The fraction of sp³-hybridized carbons (Fsp3) is 0.226. The number of methoxy groups -OCH3 is 1. The van der Waals surface area contributed by atoms with Crippen LogP contribution in [0.5, 0.6) is 17.4 Å². The van der Waals surface area contributed by atoms with Crippen molar-refractivity contribution in [1.82, 2.24) is 20.2 Å². The van der Waals surface area contributed by atoms with E-state index in [-0.39, 0.29) is 23.3 Å². The number of likely N-dealkylation sites (N-methyl/N-ethyl adjacent to an activating group) is 1. The van der Waals surface area contributed by atoms with Crippen LogP contribution in [-0.4, -0.2) is 61.0 Å². The van der Waals surface area contributed by atoms with Gasteiger partial charge in [0.15, 0.2) is 11.5 Å². The summed E-state index contributed by atoms with van der Waals surface area (Å²) in [7, 11) is 5.43. The van der Waals surface area contributed by atoms with E-state index in [1.807, 2.05) is 57.1 Å². The van der Waals surface area contributed by atoms with Crippen molar-refractivity contribution >= 4 is 29.1 Å². The fourth-order valence-corrected chi connectivity index (χ4v) is 4.02. The van der Waals surface area contributed by atoms with Crippen molar-refractivity contribution in [2.45, 2.75) is 13.8 Å². The van der Waals surface area contributed by atoms with Crippen LogP contribution in [0.4, 0.5) is 17.3 Å². The second-order valence-electron chi connectivity index (χ2n) is 9.65. The number of hydrogen-bond donors (Lipinski definition) is 3. The van der Waals surface area contributed by atoms with Crippen molar-refractivity contribution in [2.24, 2.45) is 0 Å². The molecule has 4 aromatic rings. The molecule has 0 aliphatic carbocycles. The van der Waals surface area contributed by atoms with Crippen molar-refractivity contribution in [2.75, 3.05) is 44.9 Å². The maximum Gasteiger partial charge on any atom is 0.262 e. The monoisotopic (exact) mass is 554 g/mol. The van der Waals surface area contributed by atoms with E-state index in [4.69, 9.17) is 9.47 Å². The maximum atomic E-state index is 13.4. The highest BCUT2D eigenvalue weighted by Gasteiger charge is 2.20. The molecule has 2 amide bonds. The molecule has 0 bridgehead atoms. The van der Waals surface area contributed by atoms with Gasteiger partial charge in [0, 0.05) is 36.2 Å². The topological polar surface area (TPSA) is 118 Å². The Morgan fingerprint density at radius 2 is 1.61 bits per heavy atom. The Kier molecular flexibility index (Phi) is 9.49. The van der Waals surface area contributed by atoms with Crippen LogP contribution in [0.3, 0.4) is 0 Å². The summed E-state index contributed by atoms with van der Waals surface area (Å²) in [6, 6.07) is 19.9. The summed E-state index contributed by atoms with van der Waals surface area (Å²) >= 11 is 0. The molecule has 1 aromatic heterocycles. The van der Waals surface area contributed by atoms with E-state index < -0.39 is 5.91 Å². The van der Waals surface area contributed by atoms with Crippen LogP contribution in [0.1, 0.15) is 31.8 Å². The van der Waals surface area contributed by atoms with Gasteiger partial charge in [-0.2, -0.15) is 4.98 Å². The lowest BCUT2D eigenvalue weighted by Gasteiger charge is -2.15. The number of hydrogen-bond acceptors (Lipinski definition) is 8. The molecule has 0 aliphatic rings. The number of nitrogens with one attached hydrogen (secondary N) is 3. The molecule has 0 fully saturated rings. The number of aryl methyl sites for hydroxylation is 2. The molecular formula is C31H34N6O4. The summed E-state index contributed by atoms with van der Waals surface area (Å²) in [5, 5.41) is 8.97. The zero-order valence-corrected chi connectivity index (χ0v) is 23.8. The van der Waals surface area contributed by atoms with Gasteiger partial charge < -0.3 is 30.3 Å². The number of amides is 2. The third-order valence-electron chi connectivity index (χ3n) is 6.22. The highest BCUT2D eigenvalue weighted by molar-refractivity contribution is 6.06. The Labute approximate surface area is 239 Å². The zero-order chi connectivity index (χ0) is 29.4. The number of ether oxygens (including phenoxy) is 2. The summed E-state index contributed by atoms with van der Waals surface area (Å²) in [4.78, 5) is 36.9. The number of anilines is 3. The molecule has 0 saturated heterocycles. The van der Waals surface area contributed by atoms with Gasteiger partial charge in [0.1, 0.15) is 5.56 Å². The molecule has 0 unspecified atom stereocenters. The number of carbonyl (C=O) groups excluding carboxylic acids is 2. The van der Waals surface area contributed by atoms with Gasteiger partial charge in [-0.25, -0.2) is 4.98 Å². The number of para-hydroxylation sites is 3. The molecule has 1 heterocycles. The Bertz CT molecular complexity index is 1520. The molecule has 0 saturated carbocycles. The summed E-state index contributed by atoms with van der Waals surface area (Å²) < 4.78 is 11.5. The molecule has 0 spiro atoms. The second-order valence-corrected chi connectivity index (χ2v) is 9.65. The number of aromatic nitrogens is 2. The molecule has 212 valence electrons. The van der Waals surface area contributed by atoms with Gasteiger partial charge in [-0.15, -0.1) is 0 Å². The van der Waals surface area contributed by atoms with Gasteiger partial charge >= 0.3 is 0 Å². The summed E-state index contributed by atoms with van der Waals surface area (Å²) in [5.74, 6) is 0.481. The van der Waals surface area contributed by atoms with Gasteiger partial charge in [0.2, 0.25) is 11.8 Å². The predicted octanol–water partition coefficient (Wildman–Crippen LogP) is 5.18. The maximum absolute atomic E-state index is 13.4. The number of nitrogens with zero attached hydrogens (tertiary/aromatic N) is 3. The first kappa shape index (κ1) is 29.0. The molecular weight excluding hydrogens is 520 g/mol. The minimum Gasteiger partial charge on any atom is -0.493 e. The van der Waals surface area contributed by atoms with Gasteiger partial charge in [-0.05, 0) is 69.4 Å². The number of rotatable bonds is 11. The molecule has 0 aliphatic heterocycles. The largest absolute Gasteiger partial charge is 0.493 e. The first-order chi connectivity index (χ1) is 19.7. The van der Waals surface area contributed by atoms with E-state index in [2.05, 4.69) is 25.9 Å². The number of carbonyl (C=O) groups is 2. The molecule has 0 radical (unpaired) electrons. The third-order valence-corrected chi connectivity index (χ3v) is 6.22. The van der Waals surface area contributed by atoms with Crippen LogP contribution in [0.15, 0.2) is 72.9 Å². The van der Waals surface area contributed by atoms with Crippen LogP contribution >= 0.6 is 0 Å². The molecule has 10 nitrogen and oxygen atoms in total. The van der Waals surface area contributed by atoms with Gasteiger partial charge in [0.05, 0.1) is 7.11 Å². The van der Waals surface area contributed by atoms with E-state index in [1.165, 1.54) is 13.3 Å². The smallest absolute Gasteiger partial charge is 0.262 e. The highest BCUT2D eigenvalue weighted by atomic mass is 16.5. The molecule has 41 heavy (non-hydrogen) atoms. The average Bonchev–Trinajstić information content (AvgIpc) is 2.95. The standard InChI is InChI=1S/C31H34N6O4/c1-20-10-8-11-21(2)27(20)35-29(39)24-19-33-31(36-30(24)41-26-15-7-6-14-25(26)40-5)34-23-13-9-12-22(18-23)28(38)32-16-17-37(3)4/h6-15,18-19H,16-17H2,1-5H3,(H,32,38)(H,35,39)(H,33,34,36). The lowest BCUT2D eigenvalue weighted by molar-refractivity contribution is 0.0950. The lowest BCUT2D eigenvalue weighted by atomic mass is 10.1. The van der Waals surface area contributed by atoms with E-state index >= 15 is 0 Å². The van der Waals surface area contributed by atoms with Crippen molar-refractivity contribution in [1.29, 1.82) is 0 Å². The third kappa shape index (κ3) is 7.58. The van der Waals surface area contributed by atoms with Gasteiger partial charge in [0.25, 0.3) is 11.8 Å². The van der Waals surface area contributed by atoms with Crippen LogP contribution < -0.4 is 25.4 Å². The summed E-state index contributed by atoms with van der Waals surface area (Å²) in [5.41, 5.74) is 3.79.